The van der Waals surface area contributed by atoms with Gasteiger partial charge >= 0.3 is 0 Å². The molecule has 0 aliphatic carbocycles. The maximum atomic E-state index is 12.7. The first-order valence-corrected chi connectivity index (χ1v) is 8.94. The smallest absolute Gasteiger partial charge is 0.243 e. The second kappa shape index (κ2) is 5.61. The summed E-state index contributed by atoms with van der Waals surface area (Å²) < 4.78 is 26.6. The van der Waals surface area contributed by atoms with Crippen LogP contribution >= 0.6 is 0 Å². The van der Waals surface area contributed by atoms with Crippen molar-refractivity contribution in [3.8, 4) is 0 Å². The summed E-state index contributed by atoms with van der Waals surface area (Å²) in [6, 6.07) is 4.82. The van der Waals surface area contributed by atoms with Gasteiger partial charge in [-0.3, -0.25) is 9.59 Å². The van der Waals surface area contributed by atoms with E-state index in [1.165, 1.54) is 17.3 Å². The predicted octanol–water partition coefficient (Wildman–Crippen LogP) is 0.105. The summed E-state index contributed by atoms with van der Waals surface area (Å²) in [7, 11) is -3.70. The average Bonchev–Trinajstić information content (AvgIpc) is 2.82. The van der Waals surface area contributed by atoms with Crippen LogP contribution in [0, 0.1) is 0 Å². The topological polar surface area (TPSA) is 86.8 Å². The molecule has 23 heavy (non-hydrogen) atoms. The Balaban J connectivity index is 1.95. The molecule has 0 saturated carbocycles. The molecule has 124 valence electrons. The molecule has 1 saturated heterocycles. The Morgan fingerprint density at radius 3 is 2.74 bits per heavy atom. The highest BCUT2D eigenvalue weighted by atomic mass is 32.2. The number of nitrogens with one attached hydrogen (secondary N) is 1. The molecule has 8 heteroatoms. The molecule has 0 radical (unpaired) electrons. The van der Waals surface area contributed by atoms with E-state index >= 15 is 0 Å². The fraction of sp³-hybridized carbons (Fsp3) is 0.467. The van der Waals surface area contributed by atoms with Crippen molar-refractivity contribution in [3.05, 3.63) is 23.8 Å². The number of rotatable bonds is 2. The van der Waals surface area contributed by atoms with Crippen LogP contribution in [0.5, 0.6) is 0 Å². The van der Waals surface area contributed by atoms with Gasteiger partial charge in [0.25, 0.3) is 0 Å². The molecule has 0 bridgehead atoms. The molecular formula is C15H19N3O4S. The van der Waals surface area contributed by atoms with Crippen molar-refractivity contribution >= 4 is 27.5 Å². The Morgan fingerprint density at radius 1 is 1.35 bits per heavy atom. The van der Waals surface area contributed by atoms with Gasteiger partial charge in [-0.15, -0.1) is 0 Å². The van der Waals surface area contributed by atoms with Gasteiger partial charge in [-0.1, -0.05) is 0 Å². The predicted molar refractivity (Wildman–Crippen MR) is 84.5 cm³/mol. The van der Waals surface area contributed by atoms with Gasteiger partial charge in [0.2, 0.25) is 21.8 Å². The molecule has 1 atom stereocenters. The van der Waals surface area contributed by atoms with E-state index < -0.39 is 10.0 Å². The van der Waals surface area contributed by atoms with E-state index in [1.807, 2.05) is 6.92 Å². The van der Waals surface area contributed by atoms with Crippen molar-refractivity contribution in [1.82, 2.24) is 9.62 Å². The summed E-state index contributed by atoms with van der Waals surface area (Å²) in [6.45, 7) is 3.86. The number of carbonyl (C=O) groups is 2. The largest absolute Gasteiger partial charge is 0.354 e. The van der Waals surface area contributed by atoms with Crippen LogP contribution in [0.1, 0.15) is 19.4 Å². The summed E-state index contributed by atoms with van der Waals surface area (Å²) in [4.78, 5) is 25.0. The second-order valence-corrected chi connectivity index (χ2v) is 7.86. The Bertz CT molecular complexity index is 775. The molecule has 2 aliphatic rings. The van der Waals surface area contributed by atoms with Gasteiger partial charge in [-0.05, 0) is 37.1 Å². The van der Waals surface area contributed by atoms with Gasteiger partial charge < -0.3 is 10.2 Å². The minimum absolute atomic E-state index is 0.0150. The van der Waals surface area contributed by atoms with Gasteiger partial charge in [0, 0.05) is 31.7 Å². The lowest BCUT2D eigenvalue weighted by molar-refractivity contribution is -0.122. The number of amides is 2. The number of nitrogens with zero attached hydrogens (tertiary/aromatic N) is 2. The van der Waals surface area contributed by atoms with Gasteiger partial charge in [-0.2, -0.15) is 4.31 Å². The van der Waals surface area contributed by atoms with Crippen molar-refractivity contribution in [2.75, 3.05) is 24.5 Å². The molecule has 1 unspecified atom stereocenters. The molecule has 0 aromatic heterocycles. The number of sulfonamides is 1. The Morgan fingerprint density at radius 2 is 2.09 bits per heavy atom. The van der Waals surface area contributed by atoms with Crippen LogP contribution in [0.25, 0.3) is 0 Å². The first-order chi connectivity index (χ1) is 10.8. The van der Waals surface area contributed by atoms with Crippen LogP contribution in [-0.4, -0.2) is 50.2 Å². The molecule has 1 fully saturated rings. The van der Waals surface area contributed by atoms with Gasteiger partial charge in [0.05, 0.1) is 11.4 Å². The molecule has 2 heterocycles. The highest BCUT2D eigenvalue weighted by molar-refractivity contribution is 7.89. The number of piperazine rings is 1. The van der Waals surface area contributed by atoms with E-state index in [2.05, 4.69) is 5.32 Å². The zero-order valence-corrected chi connectivity index (χ0v) is 13.9. The van der Waals surface area contributed by atoms with E-state index in [-0.39, 0.29) is 35.8 Å². The van der Waals surface area contributed by atoms with Gasteiger partial charge in [-0.25, -0.2) is 8.42 Å². The van der Waals surface area contributed by atoms with Crippen molar-refractivity contribution in [2.45, 2.75) is 31.2 Å². The molecule has 1 aromatic carbocycles. The van der Waals surface area contributed by atoms with E-state index in [0.717, 1.165) is 11.3 Å². The molecule has 2 amide bonds. The minimum atomic E-state index is -3.70. The fourth-order valence-corrected chi connectivity index (χ4v) is 4.67. The highest BCUT2D eigenvalue weighted by Gasteiger charge is 2.33. The monoisotopic (exact) mass is 337 g/mol. The third kappa shape index (κ3) is 2.72. The van der Waals surface area contributed by atoms with E-state index in [0.29, 0.717) is 13.0 Å². The second-order valence-electron chi connectivity index (χ2n) is 5.92. The van der Waals surface area contributed by atoms with E-state index in [1.54, 1.807) is 17.0 Å². The molecule has 1 N–H and O–H groups in total. The van der Waals surface area contributed by atoms with Crippen molar-refractivity contribution < 1.29 is 18.0 Å². The molecule has 0 spiro atoms. The SMILES string of the molecule is CC(=O)N1c2ccc(S(=O)(=O)N3CCNC(=O)C3)cc2CC1C. The molecule has 2 aliphatic heterocycles. The summed E-state index contributed by atoms with van der Waals surface area (Å²) in [5.74, 6) is -0.350. The third-order valence-electron chi connectivity index (χ3n) is 4.25. The van der Waals surface area contributed by atoms with Crippen LogP contribution < -0.4 is 10.2 Å². The van der Waals surface area contributed by atoms with E-state index in [4.69, 9.17) is 0 Å². The number of hydrogen-bond donors (Lipinski definition) is 1. The van der Waals surface area contributed by atoms with Crippen LogP contribution in [0.15, 0.2) is 23.1 Å². The standard InChI is InChI=1S/C15H19N3O4S/c1-10-7-12-8-13(3-4-14(12)18(10)11(2)19)23(21,22)17-6-5-16-15(20)9-17/h3-4,8,10H,5-7,9H2,1-2H3,(H,16,20). The summed E-state index contributed by atoms with van der Waals surface area (Å²) >= 11 is 0. The van der Waals surface area contributed by atoms with E-state index in [9.17, 15) is 18.0 Å². The number of fused-ring (bicyclic) bond motifs is 1. The van der Waals surface area contributed by atoms with Crippen molar-refractivity contribution in [1.29, 1.82) is 0 Å². The summed E-state index contributed by atoms with van der Waals surface area (Å²) in [5, 5.41) is 2.61. The molecular weight excluding hydrogens is 318 g/mol. The van der Waals surface area contributed by atoms with Crippen molar-refractivity contribution in [3.63, 3.8) is 0 Å². The lowest BCUT2D eigenvalue weighted by Gasteiger charge is -2.26. The van der Waals surface area contributed by atoms with Crippen LogP contribution in [0.4, 0.5) is 5.69 Å². The van der Waals surface area contributed by atoms with Gasteiger partial charge in [0.1, 0.15) is 0 Å². The normalized spacial score (nSPS) is 21.9. The Hall–Kier alpha value is -1.93. The van der Waals surface area contributed by atoms with Crippen molar-refractivity contribution in [2.24, 2.45) is 0 Å². The first kappa shape index (κ1) is 15.9. The van der Waals surface area contributed by atoms with Crippen LogP contribution in [0.2, 0.25) is 0 Å². The average molecular weight is 337 g/mol. The number of anilines is 1. The number of benzene rings is 1. The molecule has 7 nitrogen and oxygen atoms in total. The minimum Gasteiger partial charge on any atom is -0.354 e. The first-order valence-electron chi connectivity index (χ1n) is 7.50. The Labute approximate surface area is 135 Å². The summed E-state index contributed by atoms with van der Waals surface area (Å²) in [6.07, 6.45) is 0.624. The van der Waals surface area contributed by atoms with Crippen LogP contribution in [0.3, 0.4) is 0 Å². The lowest BCUT2D eigenvalue weighted by Crippen LogP contribution is -2.49. The van der Waals surface area contributed by atoms with Crippen LogP contribution in [-0.2, 0) is 26.0 Å². The fourth-order valence-electron chi connectivity index (χ4n) is 3.22. The third-order valence-corrected chi connectivity index (χ3v) is 6.09. The zero-order chi connectivity index (χ0) is 16.8. The quantitative estimate of drug-likeness (QED) is 0.829. The molecule has 3 rings (SSSR count). The summed E-state index contributed by atoms with van der Waals surface area (Å²) in [5.41, 5.74) is 1.61. The highest BCUT2D eigenvalue weighted by Crippen LogP contribution is 2.34. The number of hydrogen-bond acceptors (Lipinski definition) is 4. The number of carbonyl (C=O) groups excluding carboxylic acids is 2. The lowest BCUT2D eigenvalue weighted by atomic mass is 10.1. The Kier molecular flexibility index (Phi) is 3.89. The van der Waals surface area contributed by atoms with Gasteiger partial charge in [0.15, 0.2) is 0 Å². The maximum Gasteiger partial charge on any atom is 0.243 e. The zero-order valence-electron chi connectivity index (χ0n) is 13.1. The molecule has 1 aromatic rings. The maximum absolute atomic E-state index is 12.7.